The van der Waals surface area contributed by atoms with Gasteiger partial charge in [0, 0.05) is 18.9 Å². The van der Waals surface area contributed by atoms with Gasteiger partial charge in [0.2, 0.25) is 5.91 Å². The van der Waals surface area contributed by atoms with Crippen LogP contribution in [0.25, 0.3) is 0 Å². The van der Waals surface area contributed by atoms with E-state index in [2.05, 4.69) is 10.5 Å². The molecule has 5 nitrogen and oxygen atoms in total. The van der Waals surface area contributed by atoms with E-state index >= 15 is 0 Å². The highest BCUT2D eigenvalue weighted by atomic mass is 16.4. The molecule has 1 unspecified atom stereocenters. The monoisotopic (exact) mass is 263 g/mol. The fraction of sp³-hybridized carbons (Fsp3) is 0.429. The molecule has 0 radical (unpaired) electrons. The number of aryl methyl sites for hydroxylation is 2. The summed E-state index contributed by atoms with van der Waals surface area (Å²) in [6.07, 6.45) is 1.15. The Balaban J connectivity index is 2.30. The van der Waals surface area contributed by atoms with Crippen molar-refractivity contribution in [2.24, 2.45) is 16.8 Å². The molecule has 104 valence electrons. The quantitative estimate of drug-likeness (QED) is 0.314. The van der Waals surface area contributed by atoms with Crippen LogP contribution in [0.15, 0.2) is 29.4 Å². The second kappa shape index (κ2) is 7.41. The molecule has 0 aliphatic carbocycles. The number of oxime groups is 1. The number of nitrogens with zero attached hydrogens (tertiary/aromatic N) is 1. The van der Waals surface area contributed by atoms with Crippen LogP contribution in [0.1, 0.15) is 24.5 Å². The van der Waals surface area contributed by atoms with Crippen molar-refractivity contribution in [2.75, 3.05) is 6.54 Å². The van der Waals surface area contributed by atoms with Crippen LogP contribution >= 0.6 is 0 Å². The number of hydrogen-bond acceptors (Lipinski definition) is 3. The number of nitrogens with one attached hydrogen (secondary N) is 1. The van der Waals surface area contributed by atoms with Gasteiger partial charge in [-0.2, -0.15) is 0 Å². The summed E-state index contributed by atoms with van der Waals surface area (Å²) >= 11 is 0. The summed E-state index contributed by atoms with van der Waals surface area (Å²) in [5, 5.41) is 14.2. The van der Waals surface area contributed by atoms with Gasteiger partial charge in [0.25, 0.3) is 0 Å². The average molecular weight is 263 g/mol. The zero-order valence-corrected chi connectivity index (χ0v) is 11.4. The zero-order chi connectivity index (χ0) is 14.3. The number of carbonyl (C=O) groups excluding carboxylic acids is 1. The summed E-state index contributed by atoms with van der Waals surface area (Å²) in [6.45, 7) is 4.20. The first kappa shape index (κ1) is 15.0. The number of carbonyl (C=O) groups is 1. The Morgan fingerprint density at radius 3 is 2.63 bits per heavy atom. The molecular formula is C14H21N3O2. The minimum atomic E-state index is -0.173. The first-order chi connectivity index (χ1) is 9.02. The van der Waals surface area contributed by atoms with Crippen LogP contribution in [-0.4, -0.2) is 23.5 Å². The first-order valence-corrected chi connectivity index (χ1v) is 6.32. The van der Waals surface area contributed by atoms with E-state index in [4.69, 9.17) is 10.9 Å². The molecule has 4 N–H and O–H groups in total. The summed E-state index contributed by atoms with van der Waals surface area (Å²) in [6, 6.07) is 8.13. The largest absolute Gasteiger partial charge is 0.409 e. The second-order valence-corrected chi connectivity index (χ2v) is 4.72. The fourth-order valence-electron chi connectivity index (χ4n) is 1.57. The lowest BCUT2D eigenvalue weighted by molar-refractivity contribution is -0.121. The van der Waals surface area contributed by atoms with Crippen LogP contribution in [0.5, 0.6) is 0 Å². The standard InChI is InChI=1S/C14H21N3O2/c1-10-3-5-12(6-4-10)7-8-13(18)16-9-11(2)14(15)17-19/h3-6,11,19H,7-9H2,1-2H3,(H2,15,17)(H,16,18). The average Bonchev–Trinajstić information content (AvgIpc) is 2.43. The van der Waals surface area contributed by atoms with E-state index in [1.807, 2.05) is 31.2 Å². The number of benzene rings is 1. The Bertz CT molecular complexity index is 441. The van der Waals surface area contributed by atoms with Crippen LogP contribution in [0.2, 0.25) is 0 Å². The number of amidine groups is 1. The van der Waals surface area contributed by atoms with Gasteiger partial charge in [-0.3, -0.25) is 4.79 Å². The van der Waals surface area contributed by atoms with E-state index in [9.17, 15) is 4.79 Å². The van der Waals surface area contributed by atoms with E-state index in [0.29, 0.717) is 19.4 Å². The molecule has 5 heteroatoms. The summed E-state index contributed by atoms with van der Waals surface area (Å²) in [5.74, 6) is -0.0784. The third-order valence-corrected chi connectivity index (χ3v) is 2.99. The molecule has 0 aromatic heterocycles. The maximum absolute atomic E-state index is 11.6. The maximum Gasteiger partial charge on any atom is 0.220 e. The molecule has 0 saturated carbocycles. The smallest absolute Gasteiger partial charge is 0.220 e. The van der Waals surface area contributed by atoms with E-state index in [1.54, 1.807) is 6.92 Å². The lowest BCUT2D eigenvalue weighted by Gasteiger charge is -2.11. The highest BCUT2D eigenvalue weighted by Crippen LogP contribution is 2.05. The van der Waals surface area contributed by atoms with Crippen molar-refractivity contribution in [3.05, 3.63) is 35.4 Å². The molecular weight excluding hydrogens is 242 g/mol. The number of rotatable bonds is 6. The van der Waals surface area contributed by atoms with Gasteiger partial charge in [0.1, 0.15) is 5.84 Å². The second-order valence-electron chi connectivity index (χ2n) is 4.72. The van der Waals surface area contributed by atoms with Crippen molar-refractivity contribution >= 4 is 11.7 Å². The van der Waals surface area contributed by atoms with E-state index in [0.717, 1.165) is 5.56 Å². The molecule has 0 heterocycles. The van der Waals surface area contributed by atoms with Gasteiger partial charge in [-0.05, 0) is 18.9 Å². The Labute approximate surface area is 113 Å². The molecule has 1 aromatic rings. The first-order valence-electron chi connectivity index (χ1n) is 6.32. The lowest BCUT2D eigenvalue weighted by atomic mass is 10.1. The minimum absolute atomic E-state index is 0.0295. The number of nitrogens with two attached hydrogens (primary N) is 1. The molecule has 0 spiro atoms. The van der Waals surface area contributed by atoms with Gasteiger partial charge < -0.3 is 16.3 Å². The van der Waals surface area contributed by atoms with Crippen molar-refractivity contribution in [3.63, 3.8) is 0 Å². The van der Waals surface area contributed by atoms with Gasteiger partial charge in [-0.15, -0.1) is 0 Å². The molecule has 1 atom stereocenters. The van der Waals surface area contributed by atoms with Crippen LogP contribution < -0.4 is 11.1 Å². The highest BCUT2D eigenvalue weighted by molar-refractivity contribution is 5.83. The molecule has 0 fully saturated rings. The number of amides is 1. The molecule has 1 rings (SSSR count). The van der Waals surface area contributed by atoms with Crippen molar-refractivity contribution < 1.29 is 10.0 Å². The van der Waals surface area contributed by atoms with Gasteiger partial charge in [-0.25, -0.2) is 0 Å². The molecule has 0 aliphatic rings. The van der Waals surface area contributed by atoms with Gasteiger partial charge in [0.15, 0.2) is 0 Å². The van der Waals surface area contributed by atoms with Crippen LogP contribution in [0.4, 0.5) is 0 Å². The highest BCUT2D eigenvalue weighted by Gasteiger charge is 2.09. The molecule has 1 aromatic carbocycles. The summed E-state index contributed by atoms with van der Waals surface area (Å²) in [4.78, 5) is 11.6. The Morgan fingerprint density at radius 1 is 1.42 bits per heavy atom. The van der Waals surface area contributed by atoms with E-state index in [1.165, 1.54) is 5.56 Å². The summed E-state index contributed by atoms with van der Waals surface area (Å²) in [5.41, 5.74) is 7.78. The topological polar surface area (TPSA) is 87.7 Å². The van der Waals surface area contributed by atoms with Gasteiger partial charge in [0.05, 0.1) is 0 Å². The summed E-state index contributed by atoms with van der Waals surface area (Å²) in [7, 11) is 0. The van der Waals surface area contributed by atoms with Crippen molar-refractivity contribution in [2.45, 2.75) is 26.7 Å². The van der Waals surface area contributed by atoms with Gasteiger partial charge >= 0.3 is 0 Å². The Morgan fingerprint density at radius 2 is 2.05 bits per heavy atom. The molecule has 0 aliphatic heterocycles. The van der Waals surface area contributed by atoms with Crippen LogP contribution in [-0.2, 0) is 11.2 Å². The van der Waals surface area contributed by atoms with Crippen molar-refractivity contribution in [1.82, 2.24) is 5.32 Å². The predicted octanol–water partition coefficient (Wildman–Crippen LogP) is 1.43. The Hall–Kier alpha value is -2.04. The predicted molar refractivity (Wildman–Crippen MR) is 75.1 cm³/mol. The normalized spacial score (nSPS) is 13.1. The van der Waals surface area contributed by atoms with Crippen LogP contribution in [0, 0.1) is 12.8 Å². The van der Waals surface area contributed by atoms with Crippen LogP contribution in [0.3, 0.4) is 0 Å². The van der Waals surface area contributed by atoms with Crippen molar-refractivity contribution in [3.8, 4) is 0 Å². The van der Waals surface area contributed by atoms with Crippen molar-refractivity contribution in [1.29, 1.82) is 0 Å². The third-order valence-electron chi connectivity index (χ3n) is 2.99. The molecule has 19 heavy (non-hydrogen) atoms. The van der Waals surface area contributed by atoms with E-state index in [-0.39, 0.29) is 17.7 Å². The van der Waals surface area contributed by atoms with E-state index < -0.39 is 0 Å². The fourth-order valence-corrected chi connectivity index (χ4v) is 1.57. The SMILES string of the molecule is Cc1ccc(CCC(=O)NCC(C)/C(N)=N/O)cc1. The molecule has 0 bridgehead atoms. The third kappa shape index (κ3) is 5.42. The number of hydrogen-bond donors (Lipinski definition) is 3. The minimum Gasteiger partial charge on any atom is -0.409 e. The van der Waals surface area contributed by atoms with Gasteiger partial charge in [-0.1, -0.05) is 41.9 Å². The molecule has 1 amide bonds. The maximum atomic E-state index is 11.6. The summed E-state index contributed by atoms with van der Waals surface area (Å²) < 4.78 is 0. The lowest BCUT2D eigenvalue weighted by Crippen LogP contribution is -2.34. The Kier molecular flexibility index (Phi) is 5.85. The molecule has 0 saturated heterocycles. The zero-order valence-electron chi connectivity index (χ0n) is 11.4.